The molecule has 1 atom stereocenters. The first-order valence-electron chi connectivity index (χ1n) is 5.68. The molecule has 0 N–H and O–H groups in total. The molecule has 0 aliphatic carbocycles. The lowest BCUT2D eigenvalue weighted by molar-refractivity contribution is -0.146. The third-order valence-electron chi connectivity index (χ3n) is 2.43. The third kappa shape index (κ3) is 3.26. The lowest BCUT2D eigenvalue weighted by atomic mass is 10.2. The van der Waals surface area contributed by atoms with Gasteiger partial charge in [-0.25, -0.2) is 0 Å². The van der Waals surface area contributed by atoms with E-state index in [0.717, 1.165) is 18.7 Å². The van der Waals surface area contributed by atoms with Crippen LogP contribution in [0.5, 0.6) is 0 Å². The summed E-state index contributed by atoms with van der Waals surface area (Å²) in [7, 11) is 0. The van der Waals surface area contributed by atoms with E-state index in [2.05, 4.69) is 11.8 Å². The molecule has 0 saturated heterocycles. The van der Waals surface area contributed by atoms with Gasteiger partial charge in [-0.3, -0.25) is 4.79 Å². The number of hydrogen-bond acceptors (Lipinski definition) is 3. The second-order valence-corrected chi connectivity index (χ2v) is 3.59. The van der Waals surface area contributed by atoms with Crippen LogP contribution in [0.3, 0.4) is 0 Å². The van der Waals surface area contributed by atoms with Crippen LogP contribution < -0.4 is 4.90 Å². The number of ether oxygens (including phenoxy) is 1. The Hall–Kier alpha value is -1.51. The number of benzene rings is 1. The summed E-state index contributed by atoms with van der Waals surface area (Å²) in [5.74, 6) is -0.235. The summed E-state index contributed by atoms with van der Waals surface area (Å²) in [4.78, 5) is 13.1. The standard InChI is InChI=1S/C13H19NO2/c1-4-13(16-11(3)15)14(5-2)12-9-7-6-8-10-12/h6-10,13H,4-5H2,1-3H3. The van der Waals surface area contributed by atoms with E-state index in [-0.39, 0.29) is 12.2 Å². The number of carbonyl (C=O) groups excluding carboxylic acids is 1. The lowest BCUT2D eigenvalue weighted by Gasteiger charge is -2.31. The van der Waals surface area contributed by atoms with Crippen molar-refractivity contribution in [3.8, 4) is 0 Å². The fourth-order valence-corrected chi connectivity index (χ4v) is 1.73. The first kappa shape index (κ1) is 12.6. The van der Waals surface area contributed by atoms with Gasteiger partial charge in [0.25, 0.3) is 0 Å². The van der Waals surface area contributed by atoms with E-state index < -0.39 is 0 Å². The van der Waals surface area contributed by atoms with Crippen molar-refractivity contribution < 1.29 is 9.53 Å². The number of carbonyl (C=O) groups is 1. The Balaban J connectivity index is 2.83. The van der Waals surface area contributed by atoms with Gasteiger partial charge in [0, 0.05) is 25.6 Å². The van der Waals surface area contributed by atoms with Crippen molar-refractivity contribution in [3.63, 3.8) is 0 Å². The molecule has 0 aromatic heterocycles. The molecule has 1 unspecified atom stereocenters. The summed E-state index contributed by atoms with van der Waals surface area (Å²) >= 11 is 0. The Morgan fingerprint density at radius 3 is 2.38 bits per heavy atom. The number of nitrogens with zero attached hydrogens (tertiary/aromatic N) is 1. The van der Waals surface area contributed by atoms with Crippen LogP contribution in [0, 0.1) is 0 Å². The van der Waals surface area contributed by atoms with Crippen LogP contribution in [0.2, 0.25) is 0 Å². The van der Waals surface area contributed by atoms with Crippen LogP contribution in [0.15, 0.2) is 30.3 Å². The summed E-state index contributed by atoms with van der Waals surface area (Å²) in [6.07, 6.45) is 0.604. The van der Waals surface area contributed by atoms with Crippen molar-refractivity contribution in [2.75, 3.05) is 11.4 Å². The van der Waals surface area contributed by atoms with Gasteiger partial charge in [-0.05, 0) is 19.1 Å². The quantitative estimate of drug-likeness (QED) is 0.565. The minimum absolute atomic E-state index is 0.176. The third-order valence-corrected chi connectivity index (χ3v) is 2.43. The van der Waals surface area contributed by atoms with E-state index in [1.54, 1.807) is 0 Å². The maximum absolute atomic E-state index is 11.0. The van der Waals surface area contributed by atoms with Crippen molar-refractivity contribution in [2.24, 2.45) is 0 Å². The van der Waals surface area contributed by atoms with Crippen LogP contribution in [0.25, 0.3) is 0 Å². The Bertz CT molecular complexity index is 324. The molecule has 0 fully saturated rings. The molecule has 0 radical (unpaired) electrons. The maximum atomic E-state index is 11.0. The predicted octanol–water partition coefficient (Wildman–Crippen LogP) is 2.81. The molecular formula is C13H19NO2. The van der Waals surface area contributed by atoms with Crippen molar-refractivity contribution in [3.05, 3.63) is 30.3 Å². The van der Waals surface area contributed by atoms with Gasteiger partial charge < -0.3 is 9.64 Å². The molecule has 3 heteroatoms. The lowest BCUT2D eigenvalue weighted by Crippen LogP contribution is -2.38. The number of rotatable bonds is 5. The number of hydrogen-bond donors (Lipinski definition) is 0. The van der Waals surface area contributed by atoms with Crippen molar-refractivity contribution >= 4 is 11.7 Å². The van der Waals surface area contributed by atoms with Crippen LogP contribution in [-0.2, 0) is 9.53 Å². The van der Waals surface area contributed by atoms with Gasteiger partial charge >= 0.3 is 5.97 Å². The highest BCUT2D eigenvalue weighted by molar-refractivity contribution is 5.66. The molecule has 0 spiro atoms. The molecule has 16 heavy (non-hydrogen) atoms. The van der Waals surface area contributed by atoms with Crippen LogP contribution in [0.4, 0.5) is 5.69 Å². The van der Waals surface area contributed by atoms with Crippen molar-refractivity contribution in [2.45, 2.75) is 33.4 Å². The second kappa shape index (κ2) is 6.16. The zero-order valence-electron chi connectivity index (χ0n) is 10.1. The second-order valence-electron chi connectivity index (χ2n) is 3.59. The highest BCUT2D eigenvalue weighted by Crippen LogP contribution is 2.18. The summed E-state index contributed by atoms with van der Waals surface area (Å²) in [6, 6.07) is 9.99. The fourth-order valence-electron chi connectivity index (χ4n) is 1.73. The molecule has 0 aliphatic rings. The van der Waals surface area contributed by atoms with Gasteiger partial charge in [-0.15, -0.1) is 0 Å². The Kier molecular flexibility index (Phi) is 4.83. The average molecular weight is 221 g/mol. The number of anilines is 1. The fraction of sp³-hybridized carbons (Fsp3) is 0.462. The molecule has 0 saturated carbocycles. The van der Waals surface area contributed by atoms with Crippen molar-refractivity contribution in [1.82, 2.24) is 0 Å². The zero-order chi connectivity index (χ0) is 12.0. The van der Waals surface area contributed by atoms with E-state index in [1.807, 2.05) is 37.3 Å². The van der Waals surface area contributed by atoms with Crippen LogP contribution in [-0.4, -0.2) is 18.7 Å². The van der Waals surface area contributed by atoms with E-state index in [1.165, 1.54) is 6.92 Å². The molecule has 0 bridgehead atoms. The molecule has 1 aromatic rings. The molecule has 3 nitrogen and oxygen atoms in total. The number of para-hydroxylation sites is 1. The van der Waals surface area contributed by atoms with Crippen LogP contribution >= 0.6 is 0 Å². The highest BCUT2D eigenvalue weighted by Gasteiger charge is 2.17. The molecule has 0 heterocycles. The summed E-state index contributed by atoms with van der Waals surface area (Å²) in [6.45, 7) is 6.33. The first-order valence-corrected chi connectivity index (χ1v) is 5.68. The monoisotopic (exact) mass is 221 g/mol. The smallest absolute Gasteiger partial charge is 0.304 e. The summed E-state index contributed by atoms with van der Waals surface area (Å²) in [5, 5.41) is 0. The van der Waals surface area contributed by atoms with Gasteiger partial charge in [0.05, 0.1) is 0 Å². The normalized spacial score (nSPS) is 11.9. The Morgan fingerprint density at radius 1 is 1.31 bits per heavy atom. The van der Waals surface area contributed by atoms with Gasteiger partial charge in [0.2, 0.25) is 0 Å². The van der Waals surface area contributed by atoms with E-state index in [4.69, 9.17) is 4.74 Å². The van der Waals surface area contributed by atoms with Crippen LogP contribution in [0.1, 0.15) is 27.2 Å². The molecule has 88 valence electrons. The van der Waals surface area contributed by atoms with Gasteiger partial charge in [-0.2, -0.15) is 0 Å². The van der Waals surface area contributed by atoms with E-state index in [0.29, 0.717) is 0 Å². The largest absolute Gasteiger partial charge is 0.442 e. The molecule has 1 aromatic carbocycles. The highest BCUT2D eigenvalue weighted by atomic mass is 16.6. The average Bonchev–Trinajstić information content (AvgIpc) is 2.29. The Labute approximate surface area is 97.0 Å². The zero-order valence-corrected chi connectivity index (χ0v) is 10.1. The number of esters is 1. The maximum Gasteiger partial charge on any atom is 0.304 e. The van der Waals surface area contributed by atoms with Gasteiger partial charge in [-0.1, -0.05) is 25.1 Å². The molecule has 1 rings (SSSR count). The molecule has 0 amide bonds. The minimum Gasteiger partial charge on any atom is -0.442 e. The minimum atomic E-state index is -0.235. The predicted molar refractivity (Wildman–Crippen MR) is 65.3 cm³/mol. The van der Waals surface area contributed by atoms with Crippen molar-refractivity contribution in [1.29, 1.82) is 0 Å². The topological polar surface area (TPSA) is 29.5 Å². The molecular weight excluding hydrogens is 202 g/mol. The van der Waals surface area contributed by atoms with Gasteiger partial charge in [0.1, 0.15) is 0 Å². The molecule has 0 aliphatic heterocycles. The van der Waals surface area contributed by atoms with E-state index in [9.17, 15) is 4.79 Å². The van der Waals surface area contributed by atoms with E-state index >= 15 is 0 Å². The Morgan fingerprint density at radius 2 is 1.94 bits per heavy atom. The summed E-state index contributed by atoms with van der Waals surface area (Å²) < 4.78 is 5.29. The summed E-state index contributed by atoms with van der Waals surface area (Å²) in [5.41, 5.74) is 1.08. The SMILES string of the molecule is CCC(OC(C)=O)N(CC)c1ccccc1. The first-order chi connectivity index (χ1) is 7.69. The van der Waals surface area contributed by atoms with Gasteiger partial charge in [0.15, 0.2) is 6.23 Å².